The zero-order chi connectivity index (χ0) is 24.5. The number of methoxy groups -OCH3 is 1. The topological polar surface area (TPSA) is 109 Å². The Morgan fingerprint density at radius 2 is 1.97 bits per heavy atom. The number of aliphatic hydroxyl groups excluding tert-OH is 1. The van der Waals surface area contributed by atoms with E-state index in [0.717, 1.165) is 12.5 Å². The maximum atomic E-state index is 14.7. The van der Waals surface area contributed by atoms with Gasteiger partial charge in [-0.1, -0.05) is 13.8 Å². The molecule has 3 heterocycles. The third-order valence-corrected chi connectivity index (χ3v) is 5.56. The first kappa shape index (κ1) is 23.8. The third-order valence-electron chi connectivity index (χ3n) is 5.56. The van der Waals surface area contributed by atoms with Crippen LogP contribution >= 0.6 is 0 Å². The Kier molecular flexibility index (Phi) is 6.63. The van der Waals surface area contributed by atoms with Crippen molar-refractivity contribution in [1.82, 2.24) is 19.9 Å². The third kappa shape index (κ3) is 4.78. The number of aromatic nitrogens is 4. The molecular formula is C24H27F2N5O3. The van der Waals surface area contributed by atoms with Gasteiger partial charge < -0.3 is 24.6 Å². The van der Waals surface area contributed by atoms with E-state index < -0.39 is 17.0 Å². The Labute approximate surface area is 195 Å². The molecule has 0 aliphatic heterocycles. The Morgan fingerprint density at radius 3 is 2.68 bits per heavy atom. The number of fused-ring (bicyclic) bond motifs is 1. The fourth-order valence-corrected chi connectivity index (χ4v) is 3.43. The van der Waals surface area contributed by atoms with Gasteiger partial charge in [0.2, 0.25) is 5.71 Å². The molecule has 180 valence electrons. The number of benzene rings is 1. The largest absolute Gasteiger partial charge is 0.404 e. The molecule has 10 heteroatoms. The minimum Gasteiger partial charge on any atom is -0.404 e. The molecule has 3 aromatic heterocycles. The molecule has 0 aliphatic rings. The number of anilines is 1. The molecule has 4 aromatic rings. The summed E-state index contributed by atoms with van der Waals surface area (Å²) < 4.78 is 39.1. The number of nitrogens with one attached hydrogen (secondary N) is 2. The predicted molar refractivity (Wildman–Crippen MR) is 124 cm³/mol. The molecule has 0 spiro atoms. The van der Waals surface area contributed by atoms with Crippen molar-refractivity contribution < 1.29 is 23.0 Å². The minimum atomic E-state index is -0.740. The zero-order valence-electron chi connectivity index (χ0n) is 19.4. The van der Waals surface area contributed by atoms with Crippen LogP contribution in [0.15, 0.2) is 34.7 Å². The lowest BCUT2D eigenvalue weighted by Gasteiger charge is -2.18. The smallest absolute Gasteiger partial charge is 0.297 e. The maximum Gasteiger partial charge on any atom is 0.297 e. The number of pyridine rings is 1. The molecule has 0 aliphatic carbocycles. The van der Waals surface area contributed by atoms with Crippen molar-refractivity contribution in [1.29, 1.82) is 0 Å². The zero-order valence-corrected chi connectivity index (χ0v) is 19.4. The van der Waals surface area contributed by atoms with Crippen molar-refractivity contribution in [2.45, 2.75) is 38.6 Å². The van der Waals surface area contributed by atoms with Gasteiger partial charge in [-0.25, -0.2) is 18.7 Å². The van der Waals surface area contributed by atoms with Gasteiger partial charge in [-0.2, -0.15) is 4.98 Å². The van der Waals surface area contributed by atoms with Crippen LogP contribution in [0.5, 0.6) is 0 Å². The van der Waals surface area contributed by atoms with Gasteiger partial charge in [-0.15, -0.1) is 0 Å². The Hall–Kier alpha value is -3.37. The standard InChI is InChI=1S/C24H27F2N5O3/c1-13(9-10-33-4)27-23-29-18-8-7-17(28-21(18)34-23)20-19(15-6-5-14(25)11-16(15)26)30-22(31-20)24(2,3)12-32/h5-8,11,13,32H,9-10,12H2,1-4H3,(H,27,29)(H,30,31)/t13-/m0/s1. The van der Waals surface area contributed by atoms with E-state index >= 15 is 0 Å². The van der Waals surface area contributed by atoms with Crippen molar-refractivity contribution >= 4 is 17.2 Å². The molecule has 1 aromatic carbocycles. The number of hydrogen-bond donors (Lipinski definition) is 3. The lowest BCUT2D eigenvalue weighted by Crippen LogP contribution is -2.23. The molecule has 0 unspecified atom stereocenters. The molecule has 0 saturated heterocycles. The highest BCUT2D eigenvalue weighted by atomic mass is 19.1. The number of rotatable bonds is 9. The van der Waals surface area contributed by atoms with E-state index in [2.05, 4.69) is 25.3 Å². The van der Waals surface area contributed by atoms with Gasteiger partial charge in [0.25, 0.3) is 6.01 Å². The van der Waals surface area contributed by atoms with Crippen LogP contribution in [0.3, 0.4) is 0 Å². The number of imidazole rings is 1. The summed E-state index contributed by atoms with van der Waals surface area (Å²) in [6, 6.07) is 7.19. The van der Waals surface area contributed by atoms with E-state index in [9.17, 15) is 13.9 Å². The van der Waals surface area contributed by atoms with Crippen LogP contribution in [-0.2, 0) is 10.2 Å². The number of H-pyrrole nitrogens is 1. The second-order valence-electron chi connectivity index (χ2n) is 8.84. The number of hydrogen-bond acceptors (Lipinski definition) is 7. The number of oxazole rings is 1. The summed E-state index contributed by atoms with van der Waals surface area (Å²) in [4.78, 5) is 16.7. The highest BCUT2D eigenvalue weighted by Gasteiger charge is 2.28. The van der Waals surface area contributed by atoms with E-state index in [1.807, 2.05) is 6.92 Å². The lowest BCUT2D eigenvalue weighted by atomic mass is 9.94. The molecule has 8 nitrogen and oxygen atoms in total. The highest BCUT2D eigenvalue weighted by molar-refractivity contribution is 5.81. The van der Waals surface area contributed by atoms with Gasteiger partial charge in [-0.05, 0) is 37.6 Å². The van der Waals surface area contributed by atoms with Gasteiger partial charge in [0, 0.05) is 36.8 Å². The van der Waals surface area contributed by atoms with E-state index in [1.54, 1.807) is 33.1 Å². The summed E-state index contributed by atoms with van der Waals surface area (Å²) in [6.45, 7) is 6.01. The molecule has 34 heavy (non-hydrogen) atoms. The van der Waals surface area contributed by atoms with Crippen LogP contribution in [0.25, 0.3) is 33.9 Å². The number of aliphatic hydroxyl groups is 1. The lowest BCUT2D eigenvalue weighted by molar-refractivity contribution is 0.191. The number of aromatic amines is 1. The van der Waals surface area contributed by atoms with Crippen LogP contribution < -0.4 is 5.32 Å². The number of ether oxygens (including phenoxy) is 1. The van der Waals surface area contributed by atoms with Crippen molar-refractivity contribution in [2.75, 3.05) is 25.6 Å². The van der Waals surface area contributed by atoms with Gasteiger partial charge in [0.15, 0.2) is 0 Å². The van der Waals surface area contributed by atoms with E-state index in [1.165, 1.54) is 12.1 Å². The Morgan fingerprint density at radius 1 is 1.18 bits per heavy atom. The molecule has 3 N–H and O–H groups in total. The summed E-state index contributed by atoms with van der Waals surface area (Å²) >= 11 is 0. The van der Waals surface area contributed by atoms with E-state index in [-0.39, 0.29) is 23.9 Å². The SMILES string of the molecule is COCC[C@H](C)Nc1nc2ccc(-c3nc(C(C)(C)CO)[nH]c3-c3ccc(F)cc3F)nc2o1. The molecule has 0 saturated carbocycles. The van der Waals surface area contributed by atoms with Gasteiger partial charge in [0.1, 0.15) is 28.7 Å². The second kappa shape index (κ2) is 9.47. The average molecular weight is 472 g/mol. The summed E-state index contributed by atoms with van der Waals surface area (Å²) in [6.07, 6.45) is 0.775. The maximum absolute atomic E-state index is 14.7. The Bertz CT molecular complexity index is 1300. The predicted octanol–water partition coefficient (Wildman–Crippen LogP) is 4.66. The first-order valence-corrected chi connectivity index (χ1v) is 10.9. The van der Waals surface area contributed by atoms with Crippen molar-refractivity contribution in [3.05, 3.63) is 47.8 Å². The summed E-state index contributed by atoms with van der Waals surface area (Å²) in [7, 11) is 1.64. The fraction of sp³-hybridized carbons (Fsp3) is 0.375. The minimum absolute atomic E-state index is 0.0788. The second-order valence-corrected chi connectivity index (χ2v) is 8.84. The average Bonchev–Trinajstić information content (AvgIpc) is 3.41. The van der Waals surface area contributed by atoms with Gasteiger partial charge in [0.05, 0.1) is 18.0 Å². The van der Waals surface area contributed by atoms with Crippen molar-refractivity contribution in [3.63, 3.8) is 0 Å². The van der Waals surface area contributed by atoms with Crippen LogP contribution in [0.2, 0.25) is 0 Å². The highest BCUT2D eigenvalue weighted by Crippen LogP contribution is 2.35. The molecule has 1 atom stereocenters. The molecule has 4 rings (SSSR count). The molecule has 0 fully saturated rings. The van der Waals surface area contributed by atoms with E-state index in [4.69, 9.17) is 9.15 Å². The first-order valence-electron chi connectivity index (χ1n) is 10.9. The van der Waals surface area contributed by atoms with Crippen molar-refractivity contribution in [2.24, 2.45) is 0 Å². The summed E-state index contributed by atoms with van der Waals surface area (Å²) in [5.74, 6) is -0.979. The quantitative estimate of drug-likeness (QED) is 0.326. The summed E-state index contributed by atoms with van der Waals surface area (Å²) in [5.41, 5.74) is 1.34. The normalized spacial score (nSPS) is 12.9. The van der Waals surface area contributed by atoms with Crippen LogP contribution in [0, 0.1) is 11.6 Å². The fourth-order valence-electron chi connectivity index (χ4n) is 3.43. The number of halogens is 2. The van der Waals surface area contributed by atoms with Crippen molar-refractivity contribution in [3.8, 4) is 22.6 Å². The van der Waals surface area contributed by atoms with Gasteiger partial charge in [-0.3, -0.25) is 0 Å². The number of nitrogens with zero attached hydrogens (tertiary/aromatic N) is 3. The van der Waals surface area contributed by atoms with E-state index in [0.29, 0.717) is 41.0 Å². The monoisotopic (exact) mass is 471 g/mol. The van der Waals surface area contributed by atoms with Gasteiger partial charge >= 0.3 is 0 Å². The van der Waals surface area contributed by atoms with Crippen LogP contribution in [-0.4, -0.2) is 51.4 Å². The molecule has 0 radical (unpaired) electrons. The summed E-state index contributed by atoms with van der Waals surface area (Å²) in [5, 5.41) is 13.0. The first-order chi connectivity index (χ1) is 16.2. The molecular weight excluding hydrogens is 444 g/mol. The molecule has 0 bridgehead atoms. The van der Waals surface area contributed by atoms with Crippen LogP contribution in [0.1, 0.15) is 33.0 Å². The Balaban J connectivity index is 1.77. The van der Waals surface area contributed by atoms with Crippen LogP contribution in [0.4, 0.5) is 14.8 Å². The molecule has 0 amide bonds.